The van der Waals surface area contributed by atoms with Crippen LogP contribution in [0.2, 0.25) is 0 Å². The molecule has 0 saturated carbocycles. The molecular weight excluding hydrogens is 583 g/mol. The van der Waals surface area contributed by atoms with Crippen molar-refractivity contribution in [3.63, 3.8) is 0 Å². The average Bonchev–Trinajstić information content (AvgIpc) is 3.21. The highest BCUT2D eigenvalue weighted by Crippen LogP contribution is 2.35. The largest absolute Gasteiger partial charge is 0.487 e. The zero-order chi connectivity index (χ0) is 21.8. The molecule has 11 heteroatoms. The number of nitrogens with zero attached hydrogens (tertiary/aromatic N) is 3. The van der Waals surface area contributed by atoms with Crippen LogP contribution in [0.3, 0.4) is 0 Å². The maximum absolute atomic E-state index is 10.7. The van der Waals surface area contributed by atoms with Gasteiger partial charge in [-0.1, -0.05) is 6.07 Å². The molecule has 0 atom stereocenters. The number of hydrogen-bond acceptors (Lipinski definition) is 8. The van der Waals surface area contributed by atoms with Gasteiger partial charge in [0.05, 0.1) is 19.2 Å². The highest BCUT2D eigenvalue weighted by molar-refractivity contribution is 14.1. The van der Waals surface area contributed by atoms with Crippen molar-refractivity contribution >= 4 is 56.2 Å². The van der Waals surface area contributed by atoms with Gasteiger partial charge >= 0.3 is 0 Å². The van der Waals surface area contributed by atoms with Gasteiger partial charge in [0.15, 0.2) is 11.5 Å². The van der Waals surface area contributed by atoms with Crippen molar-refractivity contribution in [2.45, 2.75) is 6.61 Å². The van der Waals surface area contributed by atoms with Crippen LogP contribution in [0.25, 0.3) is 0 Å². The Morgan fingerprint density at radius 3 is 2.84 bits per heavy atom. The highest BCUT2D eigenvalue weighted by atomic mass is 127. The number of rotatable bonds is 7. The van der Waals surface area contributed by atoms with Crippen molar-refractivity contribution in [1.82, 2.24) is 4.98 Å². The highest BCUT2D eigenvalue weighted by Gasteiger charge is 2.14. The number of hydrogen-bond donors (Lipinski definition) is 1. The molecule has 0 bridgehead atoms. The Hall–Kier alpha value is -2.93. The molecule has 0 fully saturated rings. The van der Waals surface area contributed by atoms with Crippen molar-refractivity contribution in [2.75, 3.05) is 12.2 Å². The quantitative estimate of drug-likeness (QED) is 0.175. The Bertz CT molecular complexity index is 1130. The summed E-state index contributed by atoms with van der Waals surface area (Å²) in [7, 11) is 0. The molecule has 1 aliphatic heterocycles. The minimum atomic E-state index is -0.504. The number of nitro groups is 1. The topological polar surface area (TPSA) is 108 Å². The fourth-order valence-corrected chi connectivity index (χ4v) is 4.48. The van der Waals surface area contributed by atoms with E-state index in [1.165, 1.54) is 18.3 Å². The third-order valence-corrected chi connectivity index (χ3v) is 5.58. The van der Waals surface area contributed by atoms with Crippen molar-refractivity contribution in [2.24, 2.45) is 5.10 Å². The molecular formula is C20H14BrIN4O5. The molecule has 3 aromatic rings. The van der Waals surface area contributed by atoms with E-state index in [4.69, 9.17) is 14.2 Å². The van der Waals surface area contributed by atoms with Crippen LogP contribution < -0.4 is 19.6 Å². The smallest absolute Gasteiger partial charge is 0.287 e. The SMILES string of the molecule is O=[N+]([O-])c1ccc(N/N=C/c2cc(Br)c(OCc3ccc4c(c3)OCO4)c(I)c2)nc1. The summed E-state index contributed by atoms with van der Waals surface area (Å²) in [4.78, 5) is 14.1. The standard InChI is InChI=1S/C20H14BrIN4O5/c21-15-5-13(8-24-25-19-4-2-14(9-23-19)26(27)28)6-16(22)20(15)29-10-12-1-3-17-18(7-12)31-11-30-17/h1-9H,10-11H2,(H,23,25)/b24-8+. The van der Waals surface area contributed by atoms with Crippen LogP contribution in [0.15, 0.2) is 58.2 Å². The maximum Gasteiger partial charge on any atom is 0.287 e. The number of nitrogens with one attached hydrogen (secondary N) is 1. The Morgan fingerprint density at radius 1 is 1.26 bits per heavy atom. The zero-order valence-corrected chi connectivity index (χ0v) is 19.5. The lowest BCUT2D eigenvalue weighted by Crippen LogP contribution is -1.99. The summed E-state index contributed by atoms with van der Waals surface area (Å²) in [6.45, 7) is 0.618. The van der Waals surface area contributed by atoms with Crippen LogP contribution in [0.5, 0.6) is 17.2 Å². The number of hydrazone groups is 1. The summed E-state index contributed by atoms with van der Waals surface area (Å²) in [5, 5.41) is 14.8. The van der Waals surface area contributed by atoms with E-state index >= 15 is 0 Å². The molecule has 1 N–H and O–H groups in total. The van der Waals surface area contributed by atoms with Crippen molar-refractivity contribution in [1.29, 1.82) is 0 Å². The van der Waals surface area contributed by atoms with Gasteiger partial charge in [-0.25, -0.2) is 4.98 Å². The van der Waals surface area contributed by atoms with E-state index in [-0.39, 0.29) is 12.5 Å². The summed E-state index contributed by atoms with van der Waals surface area (Å²) in [5.41, 5.74) is 4.47. The third-order valence-electron chi connectivity index (χ3n) is 4.19. The number of ether oxygens (including phenoxy) is 3. The van der Waals surface area contributed by atoms with E-state index in [9.17, 15) is 10.1 Å². The summed E-state index contributed by atoms with van der Waals surface area (Å²) >= 11 is 5.75. The van der Waals surface area contributed by atoms with Crippen LogP contribution in [0.4, 0.5) is 11.5 Å². The predicted molar refractivity (Wildman–Crippen MR) is 126 cm³/mol. The lowest BCUT2D eigenvalue weighted by Gasteiger charge is -2.12. The van der Waals surface area contributed by atoms with Gasteiger partial charge in [0.2, 0.25) is 6.79 Å². The molecule has 4 rings (SSSR count). The molecule has 1 aromatic heterocycles. The van der Waals surface area contributed by atoms with Gasteiger partial charge in [0, 0.05) is 6.07 Å². The summed E-state index contributed by atoms with van der Waals surface area (Å²) in [5.74, 6) is 2.58. The van der Waals surface area contributed by atoms with Gasteiger partial charge in [0.25, 0.3) is 5.69 Å². The summed E-state index contributed by atoms with van der Waals surface area (Å²) in [6.07, 6.45) is 2.79. The minimum Gasteiger partial charge on any atom is -0.487 e. The van der Waals surface area contributed by atoms with Gasteiger partial charge in [0.1, 0.15) is 24.4 Å². The molecule has 9 nitrogen and oxygen atoms in total. The second-order valence-corrected chi connectivity index (χ2v) is 8.34. The van der Waals surface area contributed by atoms with E-state index in [1.54, 1.807) is 6.21 Å². The van der Waals surface area contributed by atoms with Gasteiger partial charge in [-0.15, -0.1) is 0 Å². The summed E-state index contributed by atoms with van der Waals surface area (Å²) < 4.78 is 18.4. The molecule has 0 radical (unpaired) electrons. The first kappa shape index (κ1) is 21.3. The molecule has 0 aliphatic carbocycles. The Labute approximate surface area is 198 Å². The van der Waals surface area contributed by atoms with Gasteiger partial charge < -0.3 is 14.2 Å². The van der Waals surface area contributed by atoms with E-state index in [0.717, 1.165) is 36.4 Å². The molecule has 1 aliphatic rings. The molecule has 2 heterocycles. The Balaban J connectivity index is 1.39. The third kappa shape index (κ3) is 5.22. The number of fused-ring (bicyclic) bond motifs is 1. The van der Waals surface area contributed by atoms with Gasteiger partial charge in [-0.2, -0.15) is 5.10 Å². The van der Waals surface area contributed by atoms with Gasteiger partial charge in [-0.05, 0) is 80.0 Å². The van der Waals surface area contributed by atoms with Crippen LogP contribution >= 0.6 is 38.5 Å². The first-order valence-corrected chi connectivity index (χ1v) is 10.8. The lowest BCUT2D eigenvalue weighted by atomic mass is 10.2. The first-order valence-electron chi connectivity index (χ1n) is 8.89. The normalized spacial score (nSPS) is 12.2. The van der Waals surface area contributed by atoms with E-state index in [1.807, 2.05) is 30.3 Å². The number of halogens is 2. The first-order chi connectivity index (χ1) is 15.0. The predicted octanol–water partition coefficient (Wildman–Crippen LogP) is 5.11. The van der Waals surface area contributed by atoms with E-state index < -0.39 is 4.92 Å². The fraction of sp³-hybridized carbons (Fsp3) is 0.100. The minimum absolute atomic E-state index is 0.0793. The average molecular weight is 597 g/mol. The van der Waals surface area contributed by atoms with Crippen molar-refractivity contribution in [3.05, 3.63) is 77.9 Å². The van der Waals surface area contributed by atoms with Crippen LogP contribution in [0.1, 0.15) is 11.1 Å². The van der Waals surface area contributed by atoms with Crippen LogP contribution in [-0.2, 0) is 6.61 Å². The lowest BCUT2D eigenvalue weighted by molar-refractivity contribution is -0.385. The van der Waals surface area contributed by atoms with E-state index in [2.05, 4.69) is 54.0 Å². The number of pyridine rings is 1. The molecule has 158 valence electrons. The monoisotopic (exact) mass is 596 g/mol. The molecule has 0 saturated heterocycles. The van der Waals surface area contributed by atoms with Crippen molar-refractivity contribution < 1.29 is 19.1 Å². The number of anilines is 1. The molecule has 0 amide bonds. The zero-order valence-electron chi connectivity index (χ0n) is 15.7. The molecule has 31 heavy (non-hydrogen) atoms. The van der Waals surface area contributed by atoms with E-state index in [0.29, 0.717) is 12.4 Å². The summed E-state index contributed by atoms with van der Waals surface area (Å²) in [6, 6.07) is 12.4. The second-order valence-electron chi connectivity index (χ2n) is 6.32. The Morgan fingerprint density at radius 2 is 2.10 bits per heavy atom. The number of benzene rings is 2. The Kier molecular flexibility index (Phi) is 6.51. The van der Waals surface area contributed by atoms with Crippen LogP contribution in [0, 0.1) is 13.7 Å². The van der Waals surface area contributed by atoms with Gasteiger partial charge in [-0.3, -0.25) is 15.5 Å². The maximum atomic E-state index is 10.7. The van der Waals surface area contributed by atoms with Crippen molar-refractivity contribution in [3.8, 4) is 17.2 Å². The fourth-order valence-electron chi connectivity index (χ4n) is 2.71. The second kappa shape index (κ2) is 9.47. The molecule has 0 spiro atoms. The van der Waals surface area contributed by atoms with Crippen LogP contribution in [-0.4, -0.2) is 22.9 Å². The molecule has 2 aromatic carbocycles. The number of aromatic nitrogens is 1. The molecule has 0 unspecified atom stereocenters.